The maximum absolute atomic E-state index is 9.42. The molecule has 1 heterocycles. The van der Waals surface area contributed by atoms with Gasteiger partial charge < -0.3 is 4.57 Å². The van der Waals surface area contributed by atoms with Gasteiger partial charge in [0, 0.05) is 12.2 Å². The molecule has 34 heavy (non-hydrogen) atoms. The van der Waals surface area contributed by atoms with E-state index in [0.29, 0.717) is 23.4 Å². The lowest BCUT2D eigenvalue weighted by atomic mass is 9.99. The zero-order valence-corrected chi connectivity index (χ0v) is 19.9. The van der Waals surface area contributed by atoms with Gasteiger partial charge in [-0.1, -0.05) is 85.8 Å². The predicted octanol–water partition coefficient (Wildman–Crippen LogP) is 6.37. The highest BCUT2D eigenvalue weighted by molar-refractivity contribution is 7.98. The molecule has 0 fully saturated rings. The zero-order chi connectivity index (χ0) is 23.8. The molecule has 0 saturated heterocycles. The van der Waals surface area contributed by atoms with Gasteiger partial charge in [0.15, 0.2) is 5.16 Å². The topological polar surface area (TPSA) is 78.3 Å². The Morgan fingerprint density at radius 3 is 2.29 bits per heavy atom. The van der Waals surface area contributed by atoms with E-state index in [2.05, 4.69) is 58.1 Å². The molecule has 0 bridgehead atoms. The lowest BCUT2D eigenvalue weighted by Gasteiger charge is -2.12. The third-order valence-electron chi connectivity index (χ3n) is 5.70. The van der Waals surface area contributed by atoms with E-state index in [9.17, 15) is 10.5 Å². The number of rotatable bonds is 9. The number of thioether (sulfide) groups is 1. The molecule has 0 aliphatic heterocycles. The minimum atomic E-state index is 0.666. The number of unbranched alkanes of at least 4 members (excludes halogenated alkanes) is 1. The highest BCUT2D eigenvalue weighted by atomic mass is 32.2. The second-order valence-electron chi connectivity index (χ2n) is 8.00. The summed E-state index contributed by atoms with van der Waals surface area (Å²) in [5.74, 6) is 1.65. The molecule has 0 atom stereocenters. The van der Waals surface area contributed by atoms with Crippen LogP contribution < -0.4 is 0 Å². The van der Waals surface area contributed by atoms with E-state index in [1.807, 2.05) is 48.5 Å². The van der Waals surface area contributed by atoms with Gasteiger partial charge in [0.2, 0.25) is 0 Å². The van der Waals surface area contributed by atoms with Crippen LogP contribution in [0.3, 0.4) is 0 Å². The van der Waals surface area contributed by atoms with Crippen molar-refractivity contribution in [1.29, 1.82) is 10.5 Å². The smallest absolute Gasteiger partial charge is 0.191 e. The van der Waals surface area contributed by atoms with Crippen LogP contribution in [0.25, 0.3) is 11.1 Å². The molecule has 0 aliphatic rings. The summed E-state index contributed by atoms with van der Waals surface area (Å²) in [6.07, 6.45) is 3.04. The summed E-state index contributed by atoms with van der Waals surface area (Å²) in [5.41, 5.74) is 5.48. The standard InChI is InChI=1S/C28H25N5S/c1-2-3-12-27-31-32-28(34-20-25-10-5-4-8-23(25)17-29)33(27)19-21-13-15-22(16-14-21)26-11-7-6-9-24(26)18-30/h4-11,13-16H,2-3,12,19-20H2,1H3. The van der Waals surface area contributed by atoms with Crippen LogP contribution in [0.15, 0.2) is 78.0 Å². The maximum Gasteiger partial charge on any atom is 0.191 e. The number of hydrogen-bond acceptors (Lipinski definition) is 5. The van der Waals surface area contributed by atoms with Crippen LogP contribution in [-0.4, -0.2) is 14.8 Å². The van der Waals surface area contributed by atoms with Crippen molar-refractivity contribution in [2.45, 2.75) is 43.6 Å². The Morgan fingerprint density at radius 2 is 1.56 bits per heavy atom. The molecule has 0 radical (unpaired) electrons. The molecular weight excluding hydrogens is 438 g/mol. The Labute approximate surface area is 204 Å². The molecule has 0 spiro atoms. The lowest BCUT2D eigenvalue weighted by Crippen LogP contribution is -2.07. The quantitative estimate of drug-likeness (QED) is 0.269. The Balaban J connectivity index is 1.57. The van der Waals surface area contributed by atoms with Crippen molar-refractivity contribution in [3.05, 3.63) is 101 Å². The van der Waals surface area contributed by atoms with Gasteiger partial charge in [0.1, 0.15) is 5.82 Å². The summed E-state index contributed by atoms with van der Waals surface area (Å²) in [6, 6.07) is 28.2. The van der Waals surface area contributed by atoms with Gasteiger partial charge in [0.25, 0.3) is 0 Å². The minimum Gasteiger partial charge on any atom is -0.302 e. The first kappa shape index (κ1) is 23.3. The molecule has 4 aromatic rings. The fourth-order valence-electron chi connectivity index (χ4n) is 3.81. The van der Waals surface area contributed by atoms with Crippen molar-refractivity contribution in [3.63, 3.8) is 0 Å². The second kappa shape index (κ2) is 11.3. The van der Waals surface area contributed by atoms with Crippen molar-refractivity contribution in [1.82, 2.24) is 14.8 Å². The van der Waals surface area contributed by atoms with Gasteiger partial charge >= 0.3 is 0 Å². The first-order chi connectivity index (χ1) is 16.7. The largest absolute Gasteiger partial charge is 0.302 e. The molecule has 4 rings (SSSR count). The van der Waals surface area contributed by atoms with E-state index >= 15 is 0 Å². The number of nitrogens with zero attached hydrogens (tertiary/aromatic N) is 5. The molecule has 0 amide bonds. The molecule has 0 aliphatic carbocycles. The normalized spacial score (nSPS) is 10.6. The number of benzene rings is 3. The molecule has 0 N–H and O–H groups in total. The van der Waals surface area contributed by atoms with E-state index in [1.54, 1.807) is 11.8 Å². The Hall–Kier alpha value is -3.87. The number of nitriles is 2. The van der Waals surface area contributed by atoms with Crippen molar-refractivity contribution >= 4 is 11.8 Å². The van der Waals surface area contributed by atoms with Gasteiger partial charge in [-0.3, -0.25) is 0 Å². The summed E-state index contributed by atoms with van der Waals surface area (Å²) < 4.78 is 2.19. The zero-order valence-electron chi connectivity index (χ0n) is 19.1. The van der Waals surface area contributed by atoms with Gasteiger partial charge in [0.05, 0.1) is 29.8 Å². The first-order valence-corrected chi connectivity index (χ1v) is 12.3. The highest BCUT2D eigenvalue weighted by Gasteiger charge is 2.14. The molecule has 5 nitrogen and oxygen atoms in total. The van der Waals surface area contributed by atoms with Gasteiger partial charge in [-0.2, -0.15) is 10.5 Å². The van der Waals surface area contributed by atoms with Crippen LogP contribution in [0.5, 0.6) is 0 Å². The van der Waals surface area contributed by atoms with Crippen molar-refractivity contribution in [3.8, 4) is 23.3 Å². The molecule has 3 aromatic carbocycles. The summed E-state index contributed by atoms with van der Waals surface area (Å²) in [5, 5.41) is 28.6. The van der Waals surface area contributed by atoms with Gasteiger partial charge in [-0.05, 0) is 40.8 Å². The predicted molar refractivity (Wildman–Crippen MR) is 135 cm³/mol. The third kappa shape index (κ3) is 5.36. The molecule has 0 unspecified atom stereocenters. The SMILES string of the molecule is CCCCc1nnc(SCc2ccccc2C#N)n1Cc1ccc(-c2ccccc2C#N)cc1. The molecular formula is C28H25N5S. The summed E-state index contributed by atoms with van der Waals surface area (Å²) in [6.45, 7) is 2.85. The fraction of sp³-hybridized carbons (Fsp3) is 0.214. The Bertz CT molecular complexity index is 1340. The monoisotopic (exact) mass is 463 g/mol. The van der Waals surface area contributed by atoms with Crippen molar-refractivity contribution in [2.75, 3.05) is 0 Å². The fourth-order valence-corrected chi connectivity index (χ4v) is 4.77. The van der Waals surface area contributed by atoms with Gasteiger partial charge in [-0.25, -0.2) is 0 Å². The van der Waals surface area contributed by atoms with Crippen molar-refractivity contribution < 1.29 is 0 Å². The highest BCUT2D eigenvalue weighted by Crippen LogP contribution is 2.27. The first-order valence-electron chi connectivity index (χ1n) is 11.3. The van der Waals surface area contributed by atoms with Crippen LogP contribution in [0, 0.1) is 22.7 Å². The van der Waals surface area contributed by atoms with Crippen LogP contribution in [0.2, 0.25) is 0 Å². The second-order valence-corrected chi connectivity index (χ2v) is 8.94. The maximum atomic E-state index is 9.42. The summed E-state index contributed by atoms with van der Waals surface area (Å²) in [7, 11) is 0. The number of aromatic nitrogens is 3. The average molecular weight is 464 g/mol. The van der Waals surface area contributed by atoms with E-state index in [-0.39, 0.29) is 0 Å². The number of hydrogen-bond donors (Lipinski definition) is 0. The number of aryl methyl sites for hydroxylation is 1. The third-order valence-corrected chi connectivity index (χ3v) is 6.71. The van der Waals surface area contributed by atoms with Crippen LogP contribution in [0.1, 0.15) is 47.8 Å². The van der Waals surface area contributed by atoms with Crippen LogP contribution >= 0.6 is 11.8 Å². The average Bonchev–Trinajstić information content (AvgIpc) is 3.27. The van der Waals surface area contributed by atoms with Crippen molar-refractivity contribution in [2.24, 2.45) is 0 Å². The van der Waals surface area contributed by atoms with E-state index < -0.39 is 0 Å². The summed E-state index contributed by atoms with van der Waals surface area (Å²) >= 11 is 1.61. The van der Waals surface area contributed by atoms with E-state index in [4.69, 9.17) is 0 Å². The van der Waals surface area contributed by atoms with E-state index in [1.165, 1.54) is 0 Å². The molecule has 1 aromatic heterocycles. The lowest BCUT2D eigenvalue weighted by molar-refractivity contribution is 0.642. The van der Waals surface area contributed by atoms with Crippen LogP contribution in [0.4, 0.5) is 0 Å². The Morgan fingerprint density at radius 1 is 0.853 bits per heavy atom. The molecule has 168 valence electrons. The minimum absolute atomic E-state index is 0.666. The van der Waals surface area contributed by atoms with E-state index in [0.717, 1.165) is 52.5 Å². The molecule has 0 saturated carbocycles. The van der Waals surface area contributed by atoms with Gasteiger partial charge in [-0.15, -0.1) is 10.2 Å². The molecule has 6 heteroatoms. The Kier molecular flexibility index (Phi) is 7.75. The van der Waals surface area contributed by atoms with Crippen LogP contribution in [-0.2, 0) is 18.7 Å². The summed E-state index contributed by atoms with van der Waals surface area (Å²) in [4.78, 5) is 0.